The summed E-state index contributed by atoms with van der Waals surface area (Å²) in [5.74, 6) is 0. The number of hydrogen-bond acceptors (Lipinski definition) is 2. The van der Waals surface area contributed by atoms with Gasteiger partial charge in [0.05, 0.1) is 11.4 Å². The fraction of sp³-hybridized carbons (Fsp3) is 0.312. The molecular formula is C16H18N4. The minimum Gasteiger partial charge on any atom is -0.360 e. The second-order valence-electron chi connectivity index (χ2n) is 5.51. The number of H-pyrrole nitrogens is 2. The van der Waals surface area contributed by atoms with Gasteiger partial charge >= 0.3 is 0 Å². The first-order chi connectivity index (χ1) is 9.84. The van der Waals surface area contributed by atoms with Gasteiger partial charge in [-0.15, -0.1) is 0 Å². The number of rotatable bonds is 2. The predicted octanol–water partition coefficient (Wildman–Crippen LogP) is 3.29. The van der Waals surface area contributed by atoms with E-state index in [-0.39, 0.29) is 0 Å². The lowest BCUT2D eigenvalue weighted by molar-refractivity contribution is 0.622. The van der Waals surface area contributed by atoms with E-state index in [2.05, 4.69) is 51.8 Å². The van der Waals surface area contributed by atoms with Gasteiger partial charge < -0.3 is 10.3 Å². The Labute approximate surface area is 117 Å². The van der Waals surface area contributed by atoms with E-state index in [4.69, 9.17) is 0 Å². The molecule has 3 heterocycles. The fourth-order valence-corrected chi connectivity index (χ4v) is 3.21. The van der Waals surface area contributed by atoms with Crippen molar-refractivity contribution >= 4 is 10.9 Å². The Morgan fingerprint density at radius 3 is 3.00 bits per heavy atom. The van der Waals surface area contributed by atoms with E-state index in [1.54, 1.807) is 0 Å². The summed E-state index contributed by atoms with van der Waals surface area (Å²) in [6.45, 7) is 3.27. The Bertz CT molecular complexity index is 747. The van der Waals surface area contributed by atoms with Crippen LogP contribution in [0.3, 0.4) is 0 Å². The number of aromatic nitrogens is 3. The van der Waals surface area contributed by atoms with Gasteiger partial charge in [-0.25, -0.2) is 0 Å². The first-order valence-electron chi connectivity index (χ1n) is 7.19. The van der Waals surface area contributed by atoms with E-state index in [9.17, 15) is 0 Å². The summed E-state index contributed by atoms with van der Waals surface area (Å²) in [5, 5.41) is 12.6. The van der Waals surface area contributed by atoms with Crippen molar-refractivity contribution in [1.29, 1.82) is 0 Å². The average Bonchev–Trinajstić information content (AvgIpc) is 3.17. The van der Waals surface area contributed by atoms with E-state index in [0.717, 1.165) is 17.8 Å². The third-order valence-corrected chi connectivity index (χ3v) is 4.30. The molecule has 0 saturated carbocycles. The van der Waals surface area contributed by atoms with Gasteiger partial charge in [0.1, 0.15) is 0 Å². The predicted molar refractivity (Wildman–Crippen MR) is 80.6 cm³/mol. The Morgan fingerprint density at radius 1 is 1.25 bits per heavy atom. The number of fused-ring (bicyclic) bond motifs is 1. The van der Waals surface area contributed by atoms with Gasteiger partial charge in [-0.2, -0.15) is 5.10 Å². The lowest BCUT2D eigenvalue weighted by Gasteiger charge is -2.08. The van der Waals surface area contributed by atoms with Crippen molar-refractivity contribution < 1.29 is 0 Å². The van der Waals surface area contributed by atoms with Crippen LogP contribution in [0.25, 0.3) is 22.2 Å². The molecule has 0 amide bonds. The Morgan fingerprint density at radius 2 is 2.15 bits per heavy atom. The van der Waals surface area contributed by atoms with Crippen LogP contribution in [0.2, 0.25) is 0 Å². The minimum absolute atomic E-state index is 0.432. The van der Waals surface area contributed by atoms with Crippen molar-refractivity contribution in [2.45, 2.75) is 25.8 Å². The summed E-state index contributed by atoms with van der Waals surface area (Å²) in [5.41, 5.74) is 5.90. The lowest BCUT2D eigenvalue weighted by Crippen LogP contribution is -2.14. The van der Waals surface area contributed by atoms with Gasteiger partial charge in [0, 0.05) is 28.7 Å². The highest BCUT2D eigenvalue weighted by atomic mass is 15.1. The molecule has 0 aliphatic carbocycles. The molecule has 102 valence electrons. The molecule has 3 aromatic rings. The first kappa shape index (κ1) is 11.7. The van der Waals surface area contributed by atoms with E-state index >= 15 is 0 Å². The number of aromatic amines is 2. The zero-order valence-corrected chi connectivity index (χ0v) is 11.5. The molecule has 1 atom stereocenters. The van der Waals surface area contributed by atoms with E-state index in [1.165, 1.54) is 35.0 Å². The van der Waals surface area contributed by atoms with Gasteiger partial charge in [0.2, 0.25) is 0 Å². The molecule has 1 aliphatic heterocycles. The Balaban J connectivity index is 1.82. The molecule has 1 aromatic carbocycles. The molecule has 4 rings (SSSR count). The Kier molecular flexibility index (Phi) is 2.63. The average molecular weight is 266 g/mol. The molecule has 0 spiro atoms. The monoisotopic (exact) mass is 266 g/mol. The van der Waals surface area contributed by atoms with Crippen LogP contribution >= 0.6 is 0 Å². The second-order valence-corrected chi connectivity index (χ2v) is 5.51. The van der Waals surface area contributed by atoms with Crippen LogP contribution in [0.4, 0.5) is 0 Å². The van der Waals surface area contributed by atoms with Crippen molar-refractivity contribution in [1.82, 2.24) is 20.5 Å². The zero-order chi connectivity index (χ0) is 13.5. The number of nitrogens with zero attached hydrogens (tertiary/aromatic N) is 1. The van der Waals surface area contributed by atoms with E-state index in [1.807, 2.05) is 6.07 Å². The fourth-order valence-electron chi connectivity index (χ4n) is 3.21. The third kappa shape index (κ3) is 1.68. The lowest BCUT2D eigenvalue weighted by atomic mass is 10.0. The van der Waals surface area contributed by atoms with Crippen molar-refractivity contribution in [2.75, 3.05) is 6.54 Å². The van der Waals surface area contributed by atoms with Gasteiger partial charge in [-0.3, -0.25) is 5.10 Å². The van der Waals surface area contributed by atoms with Crippen molar-refractivity contribution in [2.24, 2.45) is 0 Å². The SMILES string of the molecule is Cc1c(-c2c[nH]c3ccccc23)n[nH]c1C1CCCN1. The van der Waals surface area contributed by atoms with E-state index in [0.29, 0.717) is 6.04 Å². The van der Waals surface area contributed by atoms with Gasteiger partial charge in [-0.05, 0) is 37.9 Å². The van der Waals surface area contributed by atoms with Crippen molar-refractivity contribution in [3.63, 3.8) is 0 Å². The summed E-state index contributed by atoms with van der Waals surface area (Å²) >= 11 is 0. The second kappa shape index (κ2) is 4.49. The van der Waals surface area contributed by atoms with Crippen LogP contribution < -0.4 is 5.32 Å². The quantitative estimate of drug-likeness (QED) is 0.666. The largest absolute Gasteiger partial charge is 0.360 e. The van der Waals surface area contributed by atoms with Crippen LogP contribution in [-0.4, -0.2) is 21.7 Å². The maximum absolute atomic E-state index is 4.57. The Hall–Kier alpha value is -2.07. The normalized spacial score (nSPS) is 18.9. The molecule has 3 N–H and O–H groups in total. The smallest absolute Gasteiger partial charge is 0.0974 e. The molecule has 4 nitrogen and oxygen atoms in total. The topological polar surface area (TPSA) is 56.5 Å². The molecule has 1 aliphatic rings. The highest BCUT2D eigenvalue weighted by Gasteiger charge is 2.23. The maximum atomic E-state index is 4.57. The van der Waals surface area contributed by atoms with Crippen LogP contribution in [0.5, 0.6) is 0 Å². The van der Waals surface area contributed by atoms with Crippen LogP contribution in [0.15, 0.2) is 30.5 Å². The van der Waals surface area contributed by atoms with Crippen LogP contribution in [0.1, 0.15) is 30.1 Å². The van der Waals surface area contributed by atoms with E-state index < -0.39 is 0 Å². The number of para-hydroxylation sites is 1. The maximum Gasteiger partial charge on any atom is 0.0974 e. The number of nitrogens with one attached hydrogen (secondary N) is 3. The van der Waals surface area contributed by atoms with Crippen LogP contribution in [0, 0.1) is 6.92 Å². The summed E-state index contributed by atoms with van der Waals surface area (Å²) < 4.78 is 0. The minimum atomic E-state index is 0.432. The van der Waals surface area contributed by atoms with Crippen molar-refractivity contribution in [3.8, 4) is 11.3 Å². The van der Waals surface area contributed by atoms with Crippen molar-refractivity contribution in [3.05, 3.63) is 41.7 Å². The summed E-state index contributed by atoms with van der Waals surface area (Å²) in [4.78, 5) is 3.32. The number of hydrogen-bond donors (Lipinski definition) is 3. The van der Waals surface area contributed by atoms with Gasteiger partial charge in [0.15, 0.2) is 0 Å². The molecule has 20 heavy (non-hydrogen) atoms. The summed E-state index contributed by atoms with van der Waals surface area (Å²) in [6, 6.07) is 8.79. The molecule has 1 saturated heterocycles. The summed E-state index contributed by atoms with van der Waals surface area (Å²) in [6.07, 6.45) is 4.49. The first-order valence-corrected chi connectivity index (χ1v) is 7.19. The third-order valence-electron chi connectivity index (χ3n) is 4.30. The van der Waals surface area contributed by atoms with Gasteiger partial charge in [-0.1, -0.05) is 18.2 Å². The molecule has 1 fully saturated rings. The summed E-state index contributed by atoms with van der Waals surface area (Å²) in [7, 11) is 0. The molecule has 0 radical (unpaired) electrons. The highest BCUT2D eigenvalue weighted by molar-refractivity contribution is 5.95. The molecular weight excluding hydrogens is 248 g/mol. The molecule has 2 aromatic heterocycles. The van der Waals surface area contributed by atoms with Crippen LogP contribution in [-0.2, 0) is 0 Å². The highest BCUT2D eigenvalue weighted by Crippen LogP contribution is 2.33. The standard InChI is InChI=1S/C16H18N4/c1-10-15(19-20-16(10)14-7-4-8-17-14)12-9-18-13-6-3-2-5-11(12)13/h2-3,5-6,9,14,17-18H,4,7-8H2,1H3,(H,19,20). The molecule has 1 unspecified atom stereocenters. The molecule has 0 bridgehead atoms. The van der Waals surface area contributed by atoms with Gasteiger partial charge in [0.25, 0.3) is 0 Å². The number of benzene rings is 1. The molecule has 4 heteroatoms. The zero-order valence-electron chi connectivity index (χ0n) is 11.5.